The molecule has 0 spiro atoms. The monoisotopic (exact) mass is 411 g/mol. The van der Waals surface area contributed by atoms with Gasteiger partial charge >= 0.3 is 5.76 Å². The minimum atomic E-state index is -0.737. The van der Waals surface area contributed by atoms with Crippen molar-refractivity contribution in [3.8, 4) is 0 Å². The molecule has 4 rings (SSSR count). The van der Waals surface area contributed by atoms with Gasteiger partial charge in [-0.3, -0.25) is 14.2 Å². The van der Waals surface area contributed by atoms with Crippen LogP contribution in [-0.2, 0) is 4.79 Å². The summed E-state index contributed by atoms with van der Waals surface area (Å²) in [6.07, 6.45) is 1.11. The lowest BCUT2D eigenvalue weighted by Gasteiger charge is -2.33. The standard InChI is InChI=1S/C22H22FN3O4/c1-14(26-18-8-4-5-9-19(18)30-22(26)29)20(27)24-15-10-12-25(13-11-15)21(28)16-6-2-3-7-17(16)23/h2-9,14-15H,10-13H2,1H3,(H,24,27). The van der Waals surface area contributed by atoms with Crippen molar-refractivity contribution in [2.45, 2.75) is 31.8 Å². The predicted octanol–water partition coefficient (Wildman–Crippen LogP) is 2.72. The summed E-state index contributed by atoms with van der Waals surface area (Å²) in [5.41, 5.74) is 1.05. The Bertz CT molecular complexity index is 1140. The molecule has 8 heteroatoms. The number of carbonyl (C=O) groups excluding carboxylic acids is 2. The second-order valence-corrected chi connectivity index (χ2v) is 7.44. The van der Waals surface area contributed by atoms with E-state index in [1.807, 2.05) is 0 Å². The molecular formula is C22H22FN3O4. The summed E-state index contributed by atoms with van der Waals surface area (Å²) in [4.78, 5) is 39.1. The zero-order valence-electron chi connectivity index (χ0n) is 16.5. The third-order valence-corrected chi connectivity index (χ3v) is 5.52. The van der Waals surface area contributed by atoms with E-state index in [0.29, 0.717) is 37.0 Å². The van der Waals surface area contributed by atoms with E-state index < -0.39 is 17.6 Å². The zero-order chi connectivity index (χ0) is 21.3. The van der Waals surface area contributed by atoms with Crippen molar-refractivity contribution in [2.75, 3.05) is 13.1 Å². The van der Waals surface area contributed by atoms with Crippen LogP contribution in [0.3, 0.4) is 0 Å². The number of amides is 2. The molecule has 0 radical (unpaired) electrons. The first-order valence-electron chi connectivity index (χ1n) is 9.90. The number of likely N-dealkylation sites (tertiary alicyclic amines) is 1. The largest absolute Gasteiger partial charge is 0.420 e. The Morgan fingerprint density at radius 3 is 2.50 bits per heavy atom. The van der Waals surface area contributed by atoms with Gasteiger partial charge in [-0.1, -0.05) is 24.3 Å². The van der Waals surface area contributed by atoms with Gasteiger partial charge in [0, 0.05) is 19.1 Å². The number of piperidine rings is 1. The highest BCUT2D eigenvalue weighted by Gasteiger charge is 2.28. The molecule has 0 aliphatic carbocycles. The number of rotatable bonds is 4. The maximum Gasteiger partial charge on any atom is 0.420 e. The second kappa shape index (κ2) is 8.14. The van der Waals surface area contributed by atoms with E-state index in [-0.39, 0.29) is 23.4 Å². The third-order valence-electron chi connectivity index (χ3n) is 5.52. The van der Waals surface area contributed by atoms with Crippen molar-refractivity contribution >= 4 is 22.9 Å². The van der Waals surface area contributed by atoms with Crippen molar-refractivity contribution < 1.29 is 18.4 Å². The minimum Gasteiger partial charge on any atom is -0.408 e. The highest BCUT2D eigenvalue weighted by Crippen LogP contribution is 2.19. The van der Waals surface area contributed by atoms with Crippen LogP contribution in [0.1, 0.15) is 36.2 Å². The van der Waals surface area contributed by atoms with Gasteiger partial charge in [-0.2, -0.15) is 0 Å². The smallest absolute Gasteiger partial charge is 0.408 e. The van der Waals surface area contributed by atoms with Crippen molar-refractivity contribution in [3.63, 3.8) is 0 Å². The molecule has 2 aromatic carbocycles. The quantitative estimate of drug-likeness (QED) is 0.716. The summed E-state index contributed by atoms with van der Waals surface area (Å²) in [6.45, 7) is 2.48. The van der Waals surface area contributed by atoms with Gasteiger partial charge in [-0.15, -0.1) is 0 Å². The van der Waals surface area contributed by atoms with Crippen LogP contribution < -0.4 is 11.1 Å². The van der Waals surface area contributed by atoms with Gasteiger partial charge in [-0.25, -0.2) is 9.18 Å². The summed E-state index contributed by atoms with van der Waals surface area (Å²) in [7, 11) is 0. The first-order valence-corrected chi connectivity index (χ1v) is 9.90. The molecule has 1 fully saturated rings. The molecule has 1 aliphatic rings. The number of oxazole rings is 1. The molecule has 1 aromatic heterocycles. The lowest BCUT2D eigenvalue weighted by atomic mass is 10.0. The number of benzene rings is 2. The number of aromatic nitrogens is 1. The highest BCUT2D eigenvalue weighted by atomic mass is 19.1. The number of nitrogens with one attached hydrogen (secondary N) is 1. The van der Waals surface area contributed by atoms with E-state index in [9.17, 15) is 18.8 Å². The molecule has 0 saturated carbocycles. The Kier molecular flexibility index (Phi) is 5.39. The highest BCUT2D eigenvalue weighted by molar-refractivity contribution is 5.94. The predicted molar refractivity (Wildman–Crippen MR) is 109 cm³/mol. The van der Waals surface area contributed by atoms with Crippen LogP contribution in [0.2, 0.25) is 0 Å². The average Bonchev–Trinajstić information content (AvgIpc) is 3.09. The SMILES string of the molecule is CC(C(=O)NC1CCN(C(=O)c2ccccc2F)CC1)n1c(=O)oc2ccccc21. The molecule has 1 saturated heterocycles. The maximum atomic E-state index is 13.9. The van der Waals surface area contributed by atoms with E-state index in [4.69, 9.17) is 4.42 Å². The summed E-state index contributed by atoms with van der Waals surface area (Å²) in [5, 5.41) is 2.96. The van der Waals surface area contributed by atoms with Gasteiger partial charge in [-0.05, 0) is 44.0 Å². The van der Waals surface area contributed by atoms with Gasteiger partial charge in [0.15, 0.2) is 5.58 Å². The third kappa shape index (κ3) is 3.72. The first-order chi connectivity index (χ1) is 14.5. The summed E-state index contributed by atoms with van der Waals surface area (Å²) in [5.74, 6) is -1.75. The molecule has 156 valence electrons. The number of halogens is 1. The van der Waals surface area contributed by atoms with Crippen molar-refractivity contribution in [1.29, 1.82) is 0 Å². The fraction of sp³-hybridized carbons (Fsp3) is 0.318. The van der Waals surface area contributed by atoms with E-state index in [1.165, 1.54) is 16.7 Å². The van der Waals surface area contributed by atoms with Gasteiger partial charge in [0.05, 0.1) is 11.1 Å². The number of para-hydroxylation sites is 2. The van der Waals surface area contributed by atoms with E-state index in [0.717, 1.165) is 0 Å². The lowest BCUT2D eigenvalue weighted by molar-refractivity contribution is -0.124. The van der Waals surface area contributed by atoms with E-state index in [1.54, 1.807) is 48.2 Å². The van der Waals surface area contributed by atoms with Gasteiger partial charge in [0.2, 0.25) is 5.91 Å². The molecule has 1 atom stereocenters. The number of hydrogen-bond donors (Lipinski definition) is 1. The molecule has 30 heavy (non-hydrogen) atoms. The molecule has 7 nitrogen and oxygen atoms in total. The van der Waals surface area contributed by atoms with Gasteiger partial charge < -0.3 is 14.6 Å². The number of carbonyl (C=O) groups is 2. The van der Waals surface area contributed by atoms with Crippen LogP contribution in [0, 0.1) is 5.82 Å². The van der Waals surface area contributed by atoms with Crippen LogP contribution in [0.25, 0.3) is 11.1 Å². The normalized spacial score (nSPS) is 15.9. The number of hydrogen-bond acceptors (Lipinski definition) is 4. The summed E-state index contributed by atoms with van der Waals surface area (Å²) in [6, 6.07) is 12.0. The average molecular weight is 411 g/mol. The van der Waals surface area contributed by atoms with Gasteiger partial charge in [0.1, 0.15) is 11.9 Å². The molecule has 3 aromatic rings. The number of fused-ring (bicyclic) bond motifs is 1. The van der Waals surface area contributed by atoms with E-state index >= 15 is 0 Å². The van der Waals surface area contributed by atoms with E-state index in [2.05, 4.69) is 5.32 Å². The molecule has 1 unspecified atom stereocenters. The molecule has 1 N–H and O–H groups in total. The fourth-order valence-corrected chi connectivity index (χ4v) is 3.82. The molecule has 1 aliphatic heterocycles. The van der Waals surface area contributed by atoms with Crippen LogP contribution in [0.5, 0.6) is 0 Å². The molecule has 0 bridgehead atoms. The molecule has 2 amide bonds. The fourth-order valence-electron chi connectivity index (χ4n) is 3.82. The zero-order valence-corrected chi connectivity index (χ0v) is 16.5. The Labute approximate surface area is 172 Å². The Morgan fingerprint density at radius 2 is 1.77 bits per heavy atom. The lowest BCUT2D eigenvalue weighted by Crippen LogP contribution is -2.48. The Balaban J connectivity index is 1.38. The van der Waals surface area contributed by atoms with Gasteiger partial charge in [0.25, 0.3) is 5.91 Å². The Morgan fingerprint density at radius 1 is 1.10 bits per heavy atom. The van der Waals surface area contributed by atoms with Crippen molar-refractivity contribution in [3.05, 3.63) is 70.5 Å². The van der Waals surface area contributed by atoms with Crippen LogP contribution >= 0.6 is 0 Å². The summed E-state index contributed by atoms with van der Waals surface area (Å²) < 4.78 is 20.4. The molecular weight excluding hydrogens is 389 g/mol. The minimum absolute atomic E-state index is 0.0554. The van der Waals surface area contributed by atoms with Crippen LogP contribution in [-0.4, -0.2) is 40.4 Å². The molecule has 2 heterocycles. The van der Waals surface area contributed by atoms with Crippen LogP contribution in [0.4, 0.5) is 4.39 Å². The maximum absolute atomic E-state index is 13.9. The second-order valence-electron chi connectivity index (χ2n) is 7.44. The topological polar surface area (TPSA) is 84.5 Å². The van der Waals surface area contributed by atoms with Crippen LogP contribution in [0.15, 0.2) is 57.7 Å². The van der Waals surface area contributed by atoms with Crippen molar-refractivity contribution in [1.82, 2.24) is 14.8 Å². The number of nitrogens with zero attached hydrogens (tertiary/aromatic N) is 2. The Hall–Kier alpha value is -3.42. The summed E-state index contributed by atoms with van der Waals surface area (Å²) >= 11 is 0. The first kappa shape index (κ1) is 19.9. The van der Waals surface area contributed by atoms with Crippen molar-refractivity contribution in [2.24, 2.45) is 0 Å².